The van der Waals surface area contributed by atoms with Gasteiger partial charge >= 0.3 is 0 Å². The number of likely N-dealkylation sites (tertiary alicyclic amines) is 2. The van der Waals surface area contributed by atoms with Crippen LogP contribution >= 0.6 is 0 Å². The quantitative estimate of drug-likeness (QED) is 0.159. The summed E-state index contributed by atoms with van der Waals surface area (Å²) < 4.78 is 0. The van der Waals surface area contributed by atoms with Crippen LogP contribution in [0.15, 0.2) is 9.98 Å². The predicted molar refractivity (Wildman–Crippen MR) is 202 cm³/mol. The number of hydrogen-bond donors (Lipinski definition) is 2. The van der Waals surface area contributed by atoms with Gasteiger partial charge in [-0.05, 0) is 35.0 Å². The molecule has 0 saturated carbocycles. The van der Waals surface area contributed by atoms with Crippen molar-refractivity contribution in [2.75, 3.05) is 77.5 Å². The summed E-state index contributed by atoms with van der Waals surface area (Å²) in [6, 6.07) is 0. The number of amidine groups is 2. The van der Waals surface area contributed by atoms with Crippen molar-refractivity contribution in [1.82, 2.24) is 35.1 Å². The summed E-state index contributed by atoms with van der Waals surface area (Å²) in [5, 5.41) is 5.73. The molecule has 0 aliphatic carbocycles. The van der Waals surface area contributed by atoms with Gasteiger partial charge in [0.2, 0.25) is 47.3 Å². The van der Waals surface area contributed by atoms with E-state index in [0.29, 0.717) is 0 Å². The zero-order chi connectivity index (χ0) is 41.9. The van der Waals surface area contributed by atoms with E-state index < -0.39 is 0 Å². The summed E-state index contributed by atoms with van der Waals surface area (Å²) in [5.41, 5.74) is 0. The van der Waals surface area contributed by atoms with Gasteiger partial charge < -0.3 is 15.5 Å². The molecule has 294 valence electrons. The van der Waals surface area contributed by atoms with Gasteiger partial charge in [-0.25, -0.2) is 0 Å². The van der Waals surface area contributed by atoms with Gasteiger partial charge in [0.1, 0.15) is 12.8 Å². The predicted octanol–water partition coefficient (Wildman–Crippen LogP) is 1.51. The Morgan fingerprint density at radius 1 is 0.520 bits per heavy atom. The highest BCUT2D eigenvalue weighted by molar-refractivity contribution is 6.15. The van der Waals surface area contributed by atoms with E-state index in [1.54, 1.807) is 14.1 Å². The molecule has 0 spiro atoms. The maximum absolute atomic E-state index is 10.3. The van der Waals surface area contributed by atoms with Crippen LogP contribution in [0.1, 0.15) is 82.1 Å². The summed E-state index contributed by atoms with van der Waals surface area (Å²) in [4.78, 5) is 95.7. The van der Waals surface area contributed by atoms with E-state index >= 15 is 0 Å². The van der Waals surface area contributed by atoms with Crippen LogP contribution in [-0.4, -0.2) is 161 Å². The minimum absolute atomic E-state index is 0.0787. The smallest absolute Gasteiger partial charge is 0.238 e. The Hall–Kier alpha value is -4.54. The van der Waals surface area contributed by atoms with Crippen LogP contribution in [0.3, 0.4) is 0 Å². The van der Waals surface area contributed by atoms with Gasteiger partial charge in [0.25, 0.3) is 0 Å². The van der Waals surface area contributed by atoms with Crippen molar-refractivity contribution in [3.05, 3.63) is 0 Å². The largest absolute Gasteiger partial charge is 0.377 e. The number of amides is 8. The summed E-state index contributed by atoms with van der Waals surface area (Å²) in [6.07, 6.45) is 0.215. The maximum atomic E-state index is 10.3. The number of β-lactam (4-membered cyclic amide) rings is 4. The van der Waals surface area contributed by atoms with Gasteiger partial charge in [0, 0.05) is 84.1 Å². The van der Waals surface area contributed by atoms with E-state index in [2.05, 4.69) is 20.6 Å². The molecule has 0 bridgehead atoms. The first-order valence-electron chi connectivity index (χ1n) is 15.8. The summed E-state index contributed by atoms with van der Waals surface area (Å²) >= 11 is 0. The zero-order valence-corrected chi connectivity index (χ0v) is 34.8. The highest BCUT2D eigenvalue weighted by Gasteiger charge is 2.30. The first-order chi connectivity index (χ1) is 22.9. The monoisotopic (exact) mass is 720 g/mol. The highest BCUT2D eigenvalue weighted by Crippen LogP contribution is 2.05. The van der Waals surface area contributed by atoms with Gasteiger partial charge in [-0.15, -0.1) is 0 Å². The van der Waals surface area contributed by atoms with Crippen molar-refractivity contribution in [2.24, 2.45) is 9.98 Å². The fourth-order valence-corrected chi connectivity index (χ4v) is 1.50. The summed E-state index contributed by atoms with van der Waals surface area (Å²) in [5.74, 6) is 0.722. The van der Waals surface area contributed by atoms with Crippen LogP contribution in [0.5, 0.6) is 0 Å². The lowest BCUT2D eigenvalue weighted by Gasteiger charge is -2.22. The summed E-state index contributed by atoms with van der Waals surface area (Å²) in [6.45, 7) is 17.2. The molecule has 0 aromatic heterocycles. The van der Waals surface area contributed by atoms with Gasteiger partial charge in [0.05, 0.1) is 11.7 Å². The van der Waals surface area contributed by atoms with Crippen LogP contribution in [-0.2, 0) is 38.4 Å². The molecule has 2 aliphatic rings. The second kappa shape index (κ2) is 38.9. The number of aliphatic imine (C=N–C) groups is 2. The van der Waals surface area contributed by atoms with Crippen molar-refractivity contribution in [2.45, 2.75) is 82.1 Å². The van der Waals surface area contributed by atoms with Crippen LogP contribution < -0.4 is 10.6 Å². The number of hydrogen-bond acceptors (Lipinski definition) is 11. The van der Waals surface area contributed by atoms with Gasteiger partial charge in [0.15, 0.2) is 0 Å². The molecule has 2 aliphatic heterocycles. The Morgan fingerprint density at radius 3 is 0.680 bits per heavy atom. The second-order valence-electron chi connectivity index (χ2n) is 9.70. The number of imide groups is 4. The van der Waals surface area contributed by atoms with E-state index in [0.717, 1.165) is 31.3 Å². The Labute approximate surface area is 301 Å². The molecule has 50 heavy (non-hydrogen) atoms. The lowest BCUT2D eigenvalue weighted by Crippen LogP contribution is -2.45. The average molecular weight is 720 g/mol. The Bertz CT molecular complexity index is 937. The van der Waals surface area contributed by atoms with Crippen LogP contribution in [0.4, 0.5) is 0 Å². The van der Waals surface area contributed by atoms with Crippen molar-refractivity contribution in [1.29, 1.82) is 0 Å². The molecule has 2 heterocycles. The normalized spacial score (nSPS) is 12.0. The van der Waals surface area contributed by atoms with Crippen LogP contribution in [0.25, 0.3) is 0 Å². The summed E-state index contributed by atoms with van der Waals surface area (Å²) in [7, 11) is 19.1. The number of carbonyl (C=O) groups excluding carboxylic acids is 8. The molecule has 0 atom stereocenters. The molecule has 0 aromatic rings. The average Bonchev–Trinajstić information content (AvgIpc) is 3.09. The van der Waals surface area contributed by atoms with Crippen molar-refractivity contribution >= 4 is 58.9 Å². The molecule has 8 amide bonds. The van der Waals surface area contributed by atoms with E-state index in [-0.39, 0.29) is 60.1 Å². The molecule has 0 radical (unpaired) electrons. The molecular weight excluding hydrogens is 650 g/mol. The third-order valence-corrected chi connectivity index (χ3v) is 5.39. The topological polar surface area (TPSA) is 202 Å². The Morgan fingerprint density at radius 2 is 0.680 bits per heavy atom. The molecule has 17 nitrogen and oxygen atoms in total. The van der Waals surface area contributed by atoms with E-state index in [4.69, 9.17) is 0 Å². The Balaban J connectivity index is -0.0000000854. The van der Waals surface area contributed by atoms with Gasteiger partial charge in [-0.1, -0.05) is 27.7 Å². The Kier molecular flexibility index (Phi) is 47.3. The second-order valence-corrected chi connectivity index (χ2v) is 9.70. The third kappa shape index (κ3) is 41.5. The zero-order valence-electron chi connectivity index (χ0n) is 34.8. The molecule has 2 rings (SSSR count). The third-order valence-electron chi connectivity index (χ3n) is 5.39. The fraction of sp³-hybridized carbons (Fsp3) is 0.697. The van der Waals surface area contributed by atoms with Crippen LogP contribution in [0.2, 0.25) is 0 Å². The van der Waals surface area contributed by atoms with E-state index in [1.807, 2.05) is 81.7 Å². The molecular formula is C33H69N9O8. The minimum atomic E-state index is -0.225. The molecule has 2 N–H and O–H groups in total. The number of carbonyl (C=O) groups is 8. The maximum Gasteiger partial charge on any atom is 0.238 e. The van der Waals surface area contributed by atoms with E-state index in [9.17, 15) is 38.4 Å². The fourth-order valence-electron chi connectivity index (χ4n) is 1.50. The van der Waals surface area contributed by atoms with E-state index in [1.165, 1.54) is 55.9 Å². The minimum Gasteiger partial charge on any atom is -0.377 e. The van der Waals surface area contributed by atoms with Crippen LogP contribution in [0, 0.1) is 0 Å². The molecule has 17 heteroatoms. The number of nitrogens with one attached hydrogen (secondary N) is 2. The first kappa shape index (κ1) is 60.8. The lowest BCUT2D eigenvalue weighted by molar-refractivity contribution is -0.157. The van der Waals surface area contributed by atoms with Crippen molar-refractivity contribution in [3.8, 4) is 0 Å². The number of nitrogens with zero attached hydrogens (tertiary/aromatic N) is 7. The van der Waals surface area contributed by atoms with Crippen molar-refractivity contribution in [3.63, 3.8) is 0 Å². The SMILES string of the molecule is CC.CC.CC(=O)N(C)C(C)=O.CC(=O)N(C)C(C)=O.CN(C)C.CN1C(=O)CC1=O.CN1C(=O)CC1=O.CN=C(C)NC.CN=C(C)NC. The first-order valence-corrected chi connectivity index (χ1v) is 15.8. The molecule has 2 saturated heterocycles. The lowest BCUT2D eigenvalue weighted by atomic mass is 10.2. The number of rotatable bonds is 0. The van der Waals surface area contributed by atoms with Gasteiger partial charge in [-0.3, -0.25) is 67.9 Å². The standard InChI is InChI=1S/2C5H9NO2.2C4H10N2.2C4H5NO2.C3H9N.2C2H6/c2*1-4(7)6(3)5(2)8;2*1-4(5-2)6-3;2*1-5-3(6)2-4(5)7;1-4(2)3;2*1-2/h2*1-3H3;2*1-3H3,(H,5,6);2*2H2,1H3;1-3H3;2*1-2H3. The molecule has 2 fully saturated rings. The van der Waals surface area contributed by atoms with Gasteiger partial charge in [-0.2, -0.15) is 0 Å². The molecule has 0 unspecified atom stereocenters. The van der Waals surface area contributed by atoms with Crippen molar-refractivity contribution < 1.29 is 38.4 Å². The highest BCUT2D eigenvalue weighted by atomic mass is 16.2. The molecule has 0 aromatic carbocycles.